The molecule has 4 unspecified atom stereocenters. The van der Waals surface area contributed by atoms with Gasteiger partial charge in [-0.15, -0.1) is 0 Å². The maximum absolute atomic E-state index is 2.54. The molecule has 0 aromatic carbocycles. The molecule has 0 N–H and O–H groups in total. The fourth-order valence-electron chi connectivity index (χ4n) is 3.92. The molecule has 3 rings (SSSR count). The molecule has 0 heteroatoms. The molecule has 0 aromatic heterocycles. The van der Waals surface area contributed by atoms with Gasteiger partial charge in [-0.25, -0.2) is 0 Å². The summed E-state index contributed by atoms with van der Waals surface area (Å²) >= 11 is 0. The van der Waals surface area contributed by atoms with Gasteiger partial charge >= 0.3 is 0 Å². The largest absolute Gasteiger partial charge is 0.0882 e. The molecule has 2 bridgehead atoms. The second-order valence-electron chi connectivity index (χ2n) is 5.00. The third-order valence-electron chi connectivity index (χ3n) is 4.65. The van der Waals surface area contributed by atoms with Gasteiger partial charge in [0.2, 0.25) is 0 Å². The Morgan fingerprint density at radius 3 is 3.15 bits per heavy atom. The van der Waals surface area contributed by atoms with Crippen molar-refractivity contribution in [2.24, 2.45) is 23.2 Å². The smallest absolute Gasteiger partial charge is 0.00808 e. The maximum atomic E-state index is 2.54. The van der Waals surface area contributed by atoms with Gasteiger partial charge in [0.25, 0.3) is 0 Å². The fourth-order valence-corrected chi connectivity index (χ4v) is 3.92. The van der Waals surface area contributed by atoms with Gasteiger partial charge in [0.1, 0.15) is 0 Å². The van der Waals surface area contributed by atoms with Crippen LogP contribution in [0.15, 0.2) is 24.3 Å². The summed E-state index contributed by atoms with van der Waals surface area (Å²) in [6.45, 7) is 2.37. The van der Waals surface area contributed by atoms with Crippen LogP contribution in [0.4, 0.5) is 0 Å². The molecular formula is C13H18. The van der Waals surface area contributed by atoms with Crippen molar-refractivity contribution in [3.63, 3.8) is 0 Å². The van der Waals surface area contributed by atoms with Gasteiger partial charge in [0.05, 0.1) is 0 Å². The molecule has 0 heterocycles. The van der Waals surface area contributed by atoms with Crippen LogP contribution >= 0.6 is 0 Å². The normalized spacial score (nSPS) is 51.3. The fraction of sp³-hybridized carbons (Fsp3) is 0.692. The van der Waals surface area contributed by atoms with Crippen molar-refractivity contribution in [1.29, 1.82) is 0 Å². The van der Waals surface area contributed by atoms with Crippen molar-refractivity contribution < 1.29 is 0 Å². The lowest BCUT2D eigenvalue weighted by Gasteiger charge is -2.36. The molecule has 70 valence electrons. The number of rotatable bonds is 1. The van der Waals surface area contributed by atoms with E-state index >= 15 is 0 Å². The zero-order valence-corrected chi connectivity index (χ0v) is 8.37. The number of hydrogen-bond acceptors (Lipinski definition) is 0. The molecule has 3 aliphatic carbocycles. The van der Waals surface area contributed by atoms with Crippen LogP contribution < -0.4 is 0 Å². The van der Waals surface area contributed by atoms with E-state index in [0.717, 1.165) is 17.8 Å². The van der Waals surface area contributed by atoms with Crippen molar-refractivity contribution in [2.45, 2.75) is 32.6 Å². The SMILES string of the molecule is CCC12C=CC(C1)C1C=CCCC12. The third-order valence-corrected chi connectivity index (χ3v) is 4.65. The van der Waals surface area contributed by atoms with E-state index in [-0.39, 0.29) is 0 Å². The van der Waals surface area contributed by atoms with Crippen LogP contribution in [0.2, 0.25) is 0 Å². The molecule has 0 amide bonds. The molecular weight excluding hydrogens is 156 g/mol. The number of allylic oxidation sites excluding steroid dienone is 4. The highest BCUT2D eigenvalue weighted by atomic mass is 14.6. The first-order valence-electron chi connectivity index (χ1n) is 5.72. The average Bonchev–Trinajstić information content (AvgIpc) is 2.75. The van der Waals surface area contributed by atoms with Crippen molar-refractivity contribution in [3.05, 3.63) is 24.3 Å². The molecule has 0 nitrogen and oxygen atoms in total. The van der Waals surface area contributed by atoms with Gasteiger partial charge < -0.3 is 0 Å². The second-order valence-corrected chi connectivity index (χ2v) is 5.00. The zero-order valence-electron chi connectivity index (χ0n) is 8.37. The highest BCUT2D eigenvalue weighted by molar-refractivity contribution is 5.25. The first-order chi connectivity index (χ1) is 6.36. The lowest BCUT2D eigenvalue weighted by atomic mass is 9.68. The molecule has 0 spiro atoms. The Morgan fingerprint density at radius 2 is 2.31 bits per heavy atom. The molecule has 0 saturated heterocycles. The summed E-state index contributed by atoms with van der Waals surface area (Å²) in [5, 5.41) is 0. The standard InChI is InChI=1S/C13H18/c1-2-13-8-7-10(9-13)11-5-3-4-6-12(11)13/h3,5,7-8,10-12H,2,4,6,9H2,1H3. The van der Waals surface area contributed by atoms with Gasteiger partial charge in [-0.05, 0) is 48.9 Å². The summed E-state index contributed by atoms with van der Waals surface area (Å²) in [5.41, 5.74) is 0.611. The zero-order chi connectivity index (χ0) is 8.89. The first kappa shape index (κ1) is 7.84. The van der Waals surface area contributed by atoms with Crippen LogP contribution in [0.1, 0.15) is 32.6 Å². The van der Waals surface area contributed by atoms with Gasteiger partial charge in [-0.3, -0.25) is 0 Å². The summed E-state index contributed by atoms with van der Waals surface area (Å²) in [7, 11) is 0. The number of hydrogen-bond donors (Lipinski definition) is 0. The highest BCUT2D eigenvalue weighted by Crippen LogP contribution is 2.61. The second kappa shape index (κ2) is 2.50. The quantitative estimate of drug-likeness (QED) is 0.533. The van der Waals surface area contributed by atoms with Crippen molar-refractivity contribution >= 4 is 0 Å². The van der Waals surface area contributed by atoms with Crippen molar-refractivity contribution in [1.82, 2.24) is 0 Å². The van der Waals surface area contributed by atoms with E-state index in [0.29, 0.717) is 5.41 Å². The summed E-state index contributed by atoms with van der Waals surface area (Å²) in [5.74, 6) is 2.78. The summed E-state index contributed by atoms with van der Waals surface area (Å²) in [6, 6.07) is 0. The van der Waals surface area contributed by atoms with E-state index in [1.54, 1.807) is 0 Å². The van der Waals surface area contributed by atoms with E-state index < -0.39 is 0 Å². The van der Waals surface area contributed by atoms with Crippen LogP contribution in [0.5, 0.6) is 0 Å². The predicted molar refractivity (Wildman–Crippen MR) is 55.3 cm³/mol. The Balaban J connectivity index is 2.01. The van der Waals surface area contributed by atoms with E-state index in [1.165, 1.54) is 25.7 Å². The first-order valence-corrected chi connectivity index (χ1v) is 5.72. The van der Waals surface area contributed by atoms with Crippen molar-refractivity contribution in [2.75, 3.05) is 0 Å². The molecule has 0 radical (unpaired) electrons. The lowest BCUT2D eigenvalue weighted by molar-refractivity contribution is 0.217. The maximum Gasteiger partial charge on any atom is -0.00808 e. The summed E-state index contributed by atoms with van der Waals surface area (Å²) in [6.07, 6.45) is 15.5. The van der Waals surface area contributed by atoms with Gasteiger partial charge in [-0.2, -0.15) is 0 Å². The van der Waals surface area contributed by atoms with Crippen LogP contribution in [-0.4, -0.2) is 0 Å². The molecule has 1 saturated carbocycles. The Bertz CT molecular complexity index is 274. The van der Waals surface area contributed by atoms with Crippen LogP contribution in [0, 0.1) is 23.2 Å². The highest BCUT2D eigenvalue weighted by Gasteiger charge is 2.52. The Hall–Kier alpha value is -0.520. The van der Waals surface area contributed by atoms with Gasteiger partial charge in [-0.1, -0.05) is 31.2 Å². The molecule has 13 heavy (non-hydrogen) atoms. The molecule has 3 aliphatic rings. The Labute approximate surface area is 80.7 Å². The lowest BCUT2D eigenvalue weighted by Crippen LogP contribution is -2.28. The number of fused-ring (bicyclic) bond motifs is 5. The molecule has 1 fully saturated rings. The van der Waals surface area contributed by atoms with Gasteiger partial charge in [0, 0.05) is 0 Å². The van der Waals surface area contributed by atoms with E-state index in [2.05, 4.69) is 31.2 Å². The minimum absolute atomic E-state index is 0.611. The average molecular weight is 174 g/mol. The minimum Gasteiger partial charge on any atom is -0.0882 e. The predicted octanol–water partition coefficient (Wildman–Crippen LogP) is 3.55. The minimum atomic E-state index is 0.611. The van der Waals surface area contributed by atoms with E-state index in [4.69, 9.17) is 0 Å². The molecule has 4 atom stereocenters. The summed E-state index contributed by atoms with van der Waals surface area (Å²) in [4.78, 5) is 0. The van der Waals surface area contributed by atoms with Crippen molar-refractivity contribution in [3.8, 4) is 0 Å². The van der Waals surface area contributed by atoms with Crippen LogP contribution in [0.25, 0.3) is 0 Å². The molecule has 0 aromatic rings. The molecule has 0 aliphatic heterocycles. The van der Waals surface area contributed by atoms with Gasteiger partial charge in [0.15, 0.2) is 0 Å². The van der Waals surface area contributed by atoms with E-state index in [1.807, 2.05) is 0 Å². The van der Waals surface area contributed by atoms with Crippen LogP contribution in [-0.2, 0) is 0 Å². The van der Waals surface area contributed by atoms with E-state index in [9.17, 15) is 0 Å². The summed E-state index contributed by atoms with van der Waals surface area (Å²) < 4.78 is 0. The Morgan fingerprint density at radius 1 is 1.38 bits per heavy atom. The Kier molecular flexibility index (Phi) is 1.51. The topological polar surface area (TPSA) is 0 Å². The monoisotopic (exact) mass is 174 g/mol. The third kappa shape index (κ3) is 0.868. The van der Waals surface area contributed by atoms with Crippen LogP contribution in [0.3, 0.4) is 0 Å².